The Morgan fingerprint density at radius 1 is 1.19 bits per heavy atom. The number of sulfonamides is 1. The highest BCUT2D eigenvalue weighted by Gasteiger charge is 2.21. The van der Waals surface area contributed by atoms with Crippen LogP contribution in [-0.2, 0) is 16.6 Å². The maximum atomic E-state index is 12.4. The number of benzene rings is 1. The van der Waals surface area contributed by atoms with Gasteiger partial charge in [0.1, 0.15) is 0 Å². The lowest BCUT2D eigenvalue weighted by molar-refractivity contribution is 0.0948. The van der Waals surface area contributed by atoms with Gasteiger partial charge in [-0.1, -0.05) is 19.3 Å². The van der Waals surface area contributed by atoms with Crippen LogP contribution in [0.5, 0.6) is 0 Å². The van der Waals surface area contributed by atoms with Gasteiger partial charge in [-0.05, 0) is 47.5 Å². The van der Waals surface area contributed by atoms with Gasteiger partial charge in [0.05, 0.1) is 17.5 Å². The molecule has 0 unspecified atom stereocenters. The quantitative estimate of drug-likeness (QED) is 0.795. The van der Waals surface area contributed by atoms with Crippen molar-refractivity contribution in [1.29, 1.82) is 0 Å². The van der Waals surface area contributed by atoms with Gasteiger partial charge in [0.25, 0.3) is 5.91 Å². The van der Waals surface area contributed by atoms with Crippen LogP contribution < -0.4 is 5.32 Å². The SMILES string of the molecule is CN(C)S(=O)(=O)c1ccc(C(=O)NCc2nnnn2C2CCCCC2)cc1. The molecule has 2 aromatic rings. The highest BCUT2D eigenvalue weighted by molar-refractivity contribution is 7.89. The molecule has 3 rings (SSSR count). The Morgan fingerprint density at radius 2 is 1.85 bits per heavy atom. The van der Waals surface area contributed by atoms with Crippen molar-refractivity contribution < 1.29 is 13.2 Å². The second-order valence-corrected chi connectivity index (χ2v) is 8.98. The lowest BCUT2D eigenvalue weighted by atomic mass is 9.95. The van der Waals surface area contributed by atoms with Gasteiger partial charge in [-0.2, -0.15) is 0 Å². The van der Waals surface area contributed by atoms with E-state index in [0.29, 0.717) is 11.4 Å². The number of tetrazole rings is 1. The molecule has 10 heteroatoms. The van der Waals surface area contributed by atoms with Crippen molar-refractivity contribution in [3.63, 3.8) is 0 Å². The summed E-state index contributed by atoms with van der Waals surface area (Å²) in [7, 11) is -0.584. The molecule has 1 fully saturated rings. The second kappa shape index (κ2) is 8.13. The molecule has 1 amide bonds. The topological polar surface area (TPSA) is 110 Å². The first kappa shape index (κ1) is 19.4. The van der Waals surface area contributed by atoms with E-state index < -0.39 is 10.0 Å². The Balaban J connectivity index is 1.64. The van der Waals surface area contributed by atoms with E-state index >= 15 is 0 Å². The van der Waals surface area contributed by atoms with E-state index in [1.165, 1.54) is 57.6 Å². The summed E-state index contributed by atoms with van der Waals surface area (Å²) < 4.78 is 27.1. The van der Waals surface area contributed by atoms with Gasteiger partial charge >= 0.3 is 0 Å². The number of nitrogens with one attached hydrogen (secondary N) is 1. The zero-order valence-corrected chi connectivity index (χ0v) is 16.3. The minimum absolute atomic E-state index is 0.144. The summed E-state index contributed by atoms with van der Waals surface area (Å²) in [6.07, 6.45) is 5.67. The average Bonchev–Trinajstić information content (AvgIpc) is 3.15. The molecular formula is C17H24N6O3S. The predicted molar refractivity (Wildman–Crippen MR) is 98.4 cm³/mol. The monoisotopic (exact) mass is 392 g/mol. The summed E-state index contributed by atoms with van der Waals surface area (Å²) in [5.74, 6) is 0.323. The Kier molecular flexibility index (Phi) is 5.85. The molecule has 1 heterocycles. The molecule has 1 N–H and O–H groups in total. The number of hydrogen-bond donors (Lipinski definition) is 1. The van der Waals surface area contributed by atoms with E-state index in [2.05, 4.69) is 20.8 Å². The van der Waals surface area contributed by atoms with Crippen LogP contribution in [0.15, 0.2) is 29.2 Å². The molecule has 0 atom stereocenters. The van der Waals surface area contributed by atoms with Crippen LogP contribution in [0.25, 0.3) is 0 Å². The number of rotatable bonds is 6. The zero-order valence-electron chi connectivity index (χ0n) is 15.5. The van der Waals surface area contributed by atoms with E-state index in [9.17, 15) is 13.2 Å². The fourth-order valence-corrected chi connectivity index (χ4v) is 4.09. The maximum Gasteiger partial charge on any atom is 0.251 e. The molecule has 0 aliphatic heterocycles. The van der Waals surface area contributed by atoms with Crippen molar-refractivity contribution in [3.05, 3.63) is 35.7 Å². The van der Waals surface area contributed by atoms with Crippen LogP contribution in [0.4, 0.5) is 0 Å². The largest absolute Gasteiger partial charge is 0.345 e. The number of carbonyl (C=O) groups is 1. The molecule has 9 nitrogen and oxygen atoms in total. The van der Waals surface area contributed by atoms with Crippen LogP contribution in [-0.4, -0.2) is 52.9 Å². The summed E-state index contributed by atoms with van der Waals surface area (Å²) in [6.45, 7) is 0.222. The first-order valence-electron chi connectivity index (χ1n) is 8.97. The normalized spacial score (nSPS) is 15.8. The summed E-state index contributed by atoms with van der Waals surface area (Å²) >= 11 is 0. The maximum absolute atomic E-state index is 12.4. The highest BCUT2D eigenvalue weighted by atomic mass is 32.2. The molecule has 1 saturated carbocycles. The first-order chi connectivity index (χ1) is 12.9. The molecule has 0 bridgehead atoms. The fourth-order valence-electron chi connectivity index (χ4n) is 3.19. The molecule has 1 aliphatic rings. The number of nitrogens with zero attached hydrogens (tertiary/aromatic N) is 5. The molecule has 1 aromatic carbocycles. The first-order valence-corrected chi connectivity index (χ1v) is 10.4. The number of aromatic nitrogens is 4. The summed E-state index contributed by atoms with van der Waals surface area (Å²) in [5, 5.41) is 14.6. The Bertz CT molecular complexity index is 886. The summed E-state index contributed by atoms with van der Waals surface area (Å²) in [5.41, 5.74) is 0.379. The molecule has 0 spiro atoms. The molecule has 1 aromatic heterocycles. The van der Waals surface area contributed by atoms with Crippen molar-refractivity contribution in [3.8, 4) is 0 Å². The van der Waals surface area contributed by atoms with Gasteiger partial charge in [0.2, 0.25) is 10.0 Å². The molecular weight excluding hydrogens is 368 g/mol. The van der Waals surface area contributed by atoms with Crippen molar-refractivity contribution in [2.24, 2.45) is 0 Å². The van der Waals surface area contributed by atoms with Gasteiger partial charge in [-0.25, -0.2) is 17.4 Å². The minimum atomic E-state index is -3.51. The van der Waals surface area contributed by atoms with Gasteiger partial charge in [0.15, 0.2) is 5.82 Å². The highest BCUT2D eigenvalue weighted by Crippen LogP contribution is 2.27. The van der Waals surface area contributed by atoms with Crippen LogP contribution in [0.1, 0.15) is 54.3 Å². The lowest BCUT2D eigenvalue weighted by Crippen LogP contribution is -2.27. The minimum Gasteiger partial charge on any atom is -0.345 e. The Hall–Kier alpha value is -2.33. The van der Waals surface area contributed by atoms with Crippen molar-refractivity contribution in [1.82, 2.24) is 29.8 Å². The number of amides is 1. The van der Waals surface area contributed by atoms with Crippen LogP contribution >= 0.6 is 0 Å². The zero-order chi connectivity index (χ0) is 19.4. The van der Waals surface area contributed by atoms with Gasteiger partial charge < -0.3 is 5.32 Å². The Morgan fingerprint density at radius 3 is 2.48 bits per heavy atom. The third kappa shape index (κ3) is 4.33. The summed E-state index contributed by atoms with van der Waals surface area (Å²) in [4.78, 5) is 12.5. The third-order valence-electron chi connectivity index (χ3n) is 4.78. The third-order valence-corrected chi connectivity index (χ3v) is 6.61. The molecule has 146 valence electrons. The molecule has 0 saturated heterocycles. The fraction of sp³-hybridized carbons (Fsp3) is 0.529. The summed E-state index contributed by atoms with van der Waals surface area (Å²) in [6, 6.07) is 6.13. The molecule has 1 aliphatic carbocycles. The smallest absolute Gasteiger partial charge is 0.251 e. The van der Waals surface area contributed by atoms with E-state index in [0.717, 1.165) is 17.1 Å². The van der Waals surface area contributed by atoms with E-state index in [-0.39, 0.29) is 23.4 Å². The lowest BCUT2D eigenvalue weighted by Gasteiger charge is -2.22. The second-order valence-electron chi connectivity index (χ2n) is 6.83. The number of hydrogen-bond acceptors (Lipinski definition) is 6. The van der Waals surface area contributed by atoms with Crippen molar-refractivity contribution in [2.75, 3.05) is 14.1 Å². The van der Waals surface area contributed by atoms with Crippen molar-refractivity contribution >= 4 is 15.9 Å². The molecule has 0 radical (unpaired) electrons. The number of carbonyl (C=O) groups excluding carboxylic acids is 1. The van der Waals surface area contributed by atoms with Gasteiger partial charge in [-0.3, -0.25) is 4.79 Å². The van der Waals surface area contributed by atoms with Crippen LogP contribution in [0, 0.1) is 0 Å². The predicted octanol–water partition coefficient (Wildman–Crippen LogP) is 1.36. The standard InChI is InChI=1S/C17H24N6O3S/c1-22(2)27(25,26)15-10-8-13(9-11-15)17(24)18-12-16-19-20-21-23(16)14-6-4-3-5-7-14/h8-11,14H,3-7,12H2,1-2H3,(H,18,24). The van der Waals surface area contributed by atoms with E-state index in [1.54, 1.807) is 0 Å². The Labute approximate surface area is 158 Å². The van der Waals surface area contributed by atoms with Gasteiger partial charge in [0, 0.05) is 19.7 Å². The average molecular weight is 392 g/mol. The van der Waals surface area contributed by atoms with Gasteiger partial charge in [-0.15, -0.1) is 5.10 Å². The van der Waals surface area contributed by atoms with Crippen LogP contribution in [0.2, 0.25) is 0 Å². The van der Waals surface area contributed by atoms with Crippen LogP contribution in [0.3, 0.4) is 0 Å². The molecule has 27 heavy (non-hydrogen) atoms. The van der Waals surface area contributed by atoms with Crippen molar-refractivity contribution in [2.45, 2.75) is 49.6 Å². The van der Waals surface area contributed by atoms with E-state index in [1.807, 2.05) is 4.68 Å². The van der Waals surface area contributed by atoms with E-state index in [4.69, 9.17) is 0 Å².